The van der Waals surface area contributed by atoms with Crippen LogP contribution in [0.25, 0.3) is 5.43 Å². The molecule has 0 spiro atoms. The van der Waals surface area contributed by atoms with E-state index in [0.717, 1.165) is 12.1 Å². The minimum Gasteiger partial charge on any atom is -0.574 e. The maximum absolute atomic E-state index is 3.81. The van der Waals surface area contributed by atoms with Gasteiger partial charge in [-0.2, -0.15) is 0 Å². The van der Waals surface area contributed by atoms with Crippen molar-refractivity contribution in [2.24, 2.45) is 5.92 Å². The molecule has 0 rings (SSSR count). The zero-order valence-corrected chi connectivity index (χ0v) is 12.6. The Morgan fingerprint density at radius 3 is 2.17 bits per heavy atom. The molecular formula is C9H21KN2. The maximum Gasteiger partial charge on any atom is 1.00 e. The standard InChI is InChI=1S/C7H15N2.C2H6.K/c1-5-6(2)7(3)9-8-4;1-2;/h6,9H,3,5H2,1-2,4H3;1-2H3;/q-1;;+1. The van der Waals surface area contributed by atoms with Gasteiger partial charge in [-0.05, 0) is 18.0 Å². The van der Waals surface area contributed by atoms with Gasteiger partial charge in [-0.25, -0.2) is 0 Å². The predicted molar refractivity (Wildman–Crippen MR) is 52.4 cm³/mol. The van der Waals surface area contributed by atoms with Crippen molar-refractivity contribution in [2.75, 3.05) is 7.05 Å². The van der Waals surface area contributed by atoms with Crippen LogP contribution in [0.4, 0.5) is 0 Å². The average Bonchev–Trinajstić information content (AvgIpc) is 2.07. The molecule has 0 radical (unpaired) electrons. The second-order valence-electron chi connectivity index (χ2n) is 2.17. The molecule has 0 aromatic carbocycles. The van der Waals surface area contributed by atoms with Crippen LogP contribution in [0.5, 0.6) is 0 Å². The molecule has 0 aliphatic rings. The molecule has 0 saturated carbocycles. The molecule has 2 nitrogen and oxygen atoms in total. The van der Waals surface area contributed by atoms with Crippen LogP contribution in [0.1, 0.15) is 34.1 Å². The van der Waals surface area contributed by atoms with E-state index in [2.05, 4.69) is 31.3 Å². The molecule has 0 amide bonds. The van der Waals surface area contributed by atoms with Crippen molar-refractivity contribution >= 4 is 0 Å². The first-order valence-electron chi connectivity index (χ1n) is 4.26. The van der Waals surface area contributed by atoms with E-state index < -0.39 is 0 Å². The Hall–Kier alpha value is 1.14. The fourth-order valence-corrected chi connectivity index (χ4v) is 0.500. The maximum atomic E-state index is 3.81. The van der Waals surface area contributed by atoms with Gasteiger partial charge in [0.15, 0.2) is 0 Å². The first kappa shape index (κ1) is 18.8. The van der Waals surface area contributed by atoms with Crippen LogP contribution in [0.2, 0.25) is 0 Å². The minimum absolute atomic E-state index is 0. The Morgan fingerprint density at radius 1 is 1.50 bits per heavy atom. The summed E-state index contributed by atoms with van der Waals surface area (Å²) in [5.41, 5.74) is 7.58. The fraction of sp³-hybridized carbons (Fsp3) is 0.778. The van der Waals surface area contributed by atoms with Crippen molar-refractivity contribution in [1.82, 2.24) is 5.43 Å². The van der Waals surface area contributed by atoms with Crippen LogP contribution in [0, 0.1) is 5.92 Å². The van der Waals surface area contributed by atoms with Gasteiger partial charge in [0, 0.05) is 0 Å². The number of hydrogen-bond donors (Lipinski definition) is 1. The van der Waals surface area contributed by atoms with Crippen LogP contribution in [-0.2, 0) is 0 Å². The predicted octanol–water partition coefficient (Wildman–Crippen LogP) is 0.0845. The van der Waals surface area contributed by atoms with Crippen LogP contribution in [0.3, 0.4) is 0 Å². The number of rotatable bonds is 4. The second-order valence-corrected chi connectivity index (χ2v) is 2.17. The number of allylic oxidation sites excluding steroid dienone is 1. The molecule has 1 unspecified atom stereocenters. The molecule has 1 atom stereocenters. The molecule has 0 aromatic rings. The molecule has 0 aromatic heterocycles. The number of hydrogen-bond acceptors (Lipinski definition) is 1. The van der Waals surface area contributed by atoms with Crippen LogP contribution in [-0.4, -0.2) is 7.05 Å². The summed E-state index contributed by atoms with van der Waals surface area (Å²) in [7, 11) is 1.72. The van der Waals surface area contributed by atoms with Gasteiger partial charge in [0.1, 0.15) is 0 Å². The zero-order valence-electron chi connectivity index (χ0n) is 9.44. The van der Waals surface area contributed by atoms with E-state index in [1.165, 1.54) is 0 Å². The Labute approximate surface area is 120 Å². The van der Waals surface area contributed by atoms with Crippen LogP contribution in [0.15, 0.2) is 12.3 Å². The Morgan fingerprint density at radius 2 is 1.92 bits per heavy atom. The molecule has 0 heterocycles. The zero-order chi connectivity index (χ0) is 9.28. The average molecular weight is 196 g/mol. The SMILES string of the molecule is C=C(N[N-]C)C(C)CC.CC.[K+]. The number of nitrogens with one attached hydrogen (secondary N) is 1. The summed E-state index contributed by atoms with van der Waals surface area (Å²) in [4.78, 5) is 0. The van der Waals surface area contributed by atoms with Crippen molar-refractivity contribution in [1.29, 1.82) is 0 Å². The van der Waals surface area contributed by atoms with Crippen molar-refractivity contribution < 1.29 is 51.4 Å². The van der Waals surface area contributed by atoms with E-state index in [0.29, 0.717) is 5.92 Å². The molecule has 0 saturated heterocycles. The van der Waals surface area contributed by atoms with Crippen LogP contribution < -0.4 is 56.8 Å². The van der Waals surface area contributed by atoms with E-state index in [1.807, 2.05) is 13.8 Å². The Balaban J connectivity index is -0.000000249. The van der Waals surface area contributed by atoms with E-state index in [-0.39, 0.29) is 51.4 Å². The minimum atomic E-state index is 0. The van der Waals surface area contributed by atoms with E-state index in [1.54, 1.807) is 7.05 Å². The molecule has 3 heteroatoms. The van der Waals surface area contributed by atoms with Gasteiger partial charge in [-0.15, -0.1) is 7.05 Å². The smallest absolute Gasteiger partial charge is 0.574 e. The fourth-order valence-electron chi connectivity index (χ4n) is 0.500. The molecule has 12 heavy (non-hydrogen) atoms. The Kier molecular flexibility index (Phi) is 23.0. The normalized spacial score (nSPS) is 10.1. The summed E-state index contributed by atoms with van der Waals surface area (Å²) in [6.45, 7) is 12.1. The summed E-state index contributed by atoms with van der Waals surface area (Å²) in [6, 6.07) is 0. The monoisotopic (exact) mass is 196 g/mol. The quantitative estimate of drug-likeness (QED) is 0.500. The molecular weight excluding hydrogens is 175 g/mol. The van der Waals surface area contributed by atoms with Gasteiger partial charge in [0.25, 0.3) is 0 Å². The summed E-state index contributed by atoms with van der Waals surface area (Å²) >= 11 is 0. The first-order chi connectivity index (χ1) is 5.22. The van der Waals surface area contributed by atoms with E-state index in [4.69, 9.17) is 0 Å². The van der Waals surface area contributed by atoms with Gasteiger partial charge in [-0.1, -0.05) is 34.3 Å². The van der Waals surface area contributed by atoms with Crippen molar-refractivity contribution in [3.8, 4) is 0 Å². The summed E-state index contributed by atoms with van der Waals surface area (Å²) in [6.07, 6.45) is 1.11. The van der Waals surface area contributed by atoms with Gasteiger partial charge >= 0.3 is 51.4 Å². The number of nitrogens with zero attached hydrogens (tertiary/aromatic N) is 1. The third-order valence-electron chi connectivity index (χ3n) is 1.46. The largest absolute Gasteiger partial charge is 1.00 e. The van der Waals surface area contributed by atoms with Gasteiger partial charge in [0.2, 0.25) is 0 Å². The summed E-state index contributed by atoms with van der Waals surface area (Å²) in [5.74, 6) is 0.522. The molecule has 0 fully saturated rings. The van der Waals surface area contributed by atoms with Gasteiger partial charge in [0.05, 0.1) is 0 Å². The van der Waals surface area contributed by atoms with E-state index >= 15 is 0 Å². The van der Waals surface area contributed by atoms with Crippen molar-refractivity contribution in [2.45, 2.75) is 34.1 Å². The molecule has 68 valence electrons. The molecule has 0 aliphatic heterocycles. The molecule has 0 bridgehead atoms. The topological polar surface area (TPSA) is 26.1 Å². The van der Waals surface area contributed by atoms with Gasteiger partial charge < -0.3 is 10.9 Å². The van der Waals surface area contributed by atoms with Gasteiger partial charge in [-0.3, -0.25) is 0 Å². The van der Waals surface area contributed by atoms with Crippen molar-refractivity contribution in [3.63, 3.8) is 0 Å². The summed E-state index contributed by atoms with van der Waals surface area (Å²) in [5, 5.41) is 0. The summed E-state index contributed by atoms with van der Waals surface area (Å²) < 4.78 is 0. The third kappa shape index (κ3) is 11.1. The second kappa shape index (κ2) is 14.6. The molecule has 1 N–H and O–H groups in total. The Bertz CT molecular complexity index is 94.5. The van der Waals surface area contributed by atoms with E-state index in [9.17, 15) is 0 Å². The first-order valence-corrected chi connectivity index (χ1v) is 4.26. The van der Waals surface area contributed by atoms with Crippen molar-refractivity contribution in [3.05, 3.63) is 17.7 Å². The van der Waals surface area contributed by atoms with Crippen LogP contribution >= 0.6 is 0 Å². The molecule has 0 aliphatic carbocycles. The third-order valence-corrected chi connectivity index (χ3v) is 1.46.